The molecular weight excluding hydrogens is 444 g/mol. The van der Waals surface area contributed by atoms with E-state index in [0.29, 0.717) is 6.42 Å². The zero-order valence-corrected chi connectivity index (χ0v) is 23.1. The number of ketones is 1. The van der Waals surface area contributed by atoms with Gasteiger partial charge < -0.3 is 19.4 Å². The number of aliphatic hydroxyl groups is 2. The zero-order chi connectivity index (χ0) is 25.1. The molecular formula is C28H42O5Si. The first-order valence-corrected chi connectivity index (χ1v) is 15.8. The topological polar surface area (TPSA) is 79.3 Å². The molecule has 1 saturated heterocycles. The SMILES string of the molecule is CC1C[C@H]2[C@@H]3CC=C4C=C(O[Si](C)(C)C(C)(C)C)C=C[C@]4(C)[C@@]34O[C@H]4C[C@]2(C)[C@@]1(O)C(=O)CO. The Morgan fingerprint density at radius 1 is 1.26 bits per heavy atom. The summed E-state index contributed by atoms with van der Waals surface area (Å²) in [7, 11) is -1.94. The van der Waals surface area contributed by atoms with Crippen molar-refractivity contribution < 1.29 is 24.2 Å². The lowest BCUT2D eigenvalue weighted by Gasteiger charge is -2.54. The van der Waals surface area contributed by atoms with Crippen molar-refractivity contribution in [3.63, 3.8) is 0 Å². The van der Waals surface area contributed by atoms with Crippen LogP contribution in [0.3, 0.4) is 0 Å². The number of carbonyl (C=O) groups is 1. The van der Waals surface area contributed by atoms with Gasteiger partial charge in [-0.25, -0.2) is 0 Å². The molecule has 0 aromatic rings. The molecule has 2 saturated carbocycles. The van der Waals surface area contributed by atoms with E-state index in [9.17, 15) is 15.0 Å². The molecule has 0 bridgehead atoms. The Morgan fingerprint density at radius 3 is 2.56 bits per heavy atom. The Balaban J connectivity index is 1.50. The van der Waals surface area contributed by atoms with Gasteiger partial charge in [0.25, 0.3) is 0 Å². The lowest BCUT2D eigenvalue weighted by molar-refractivity contribution is -0.165. The summed E-state index contributed by atoms with van der Waals surface area (Å²) in [5.74, 6) is 0.721. The Labute approximate surface area is 205 Å². The van der Waals surface area contributed by atoms with E-state index in [1.807, 2.05) is 6.92 Å². The maximum absolute atomic E-state index is 12.8. The van der Waals surface area contributed by atoms with Crippen LogP contribution in [0.25, 0.3) is 0 Å². The average molecular weight is 487 g/mol. The Bertz CT molecular complexity index is 1020. The number of hydrogen-bond acceptors (Lipinski definition) is 5. The van der Waals surface area contributed by atoms with Crippen LogP contribution in [-0.2, 0) is 14.0 Å². The highest BCUT2D eigenvalue weighted by molar-refractivity contribution is 6.74. The zero-order valence-electron chi connectivity index (χ0n) is 22.1. The second-order valence-corrected chi connectivity index (χ2v) is 18.3. The first kappa shape index (κ1) is 24.5. The van der Waals surface area contributed by atoms with Crippen LogP contribution < -0.4 is 0 Å². The van der Waals surface area contributed by atoms with Crippen molar-refractivity contribution in [3.05, 3.63) is 35.6 Å². The van der Waals surface area contributed by atoms with Crippen LogP contribution in [0, 0.1) is 28.6 Å². The van der Waals surface area contributed by atoms with Gasteiger partial charge in [0.05, 0.1) is 6.10 Å². The number of ether oxygens (including phenoxy) is 1. The molecule has 0 aromatic heterocycles. The highest BCUT2D eigenvalue weighted by atomic mass is 28.4. The van der Waals surface area contributed by atoms with Crippen LogP contribution in [0.2, 0.25) is 18.1 Å². The fraction of sp³-hybridized carbons (Fsp3) is 0.750. The van der Waals surface area contributed by atoms with Gasteiger partial charge in [0.2, 0.25) is 8.32 Å². The summed E-state index contributed by atoms with van der Waals surface area (Å²) in [5, 5.41) is 21.5. The summed E-state index contributed by atoms with van der Waals surface area (Å²) in [4.78, 5) is 12.8. The third kappa shape index (κ3) is 2.74. The van der Waals surface area contributed by atoms with Crippen molar-refractivity contribution in [3.8, 4) is 0 Å². The van der Waals surface area contributed by atoms with Gasteiger partial charge in [-0.1, -0.05) is 46.8 Å². The van der Waals surface area contributed by atoms with E-state index in [2.05, 4.69) is 72.0 Å². The average Bonchev–Trinajstić information content (AvgIpc) is 3.42. The minimum Gasteiger partial charge on any atom is -0.544 e. The van der Waals surface area contributed by atoms with E-state index in [1.165, 1.54) is 5.57 Å². The molecule has 5 aliphatic rings. The molecule has 3 fully saturated rings. The molecule has 0 aromatic carbocycles. The van der Waals surface area contributed by atoms with Crippen LogP contribution in [-0.4, -0.2) is 48.2 Å². The minimum absolute atomic E-state index is 0.00308. The van der Waals surface area contributed by atoms with Crippen molar-refractivity contribution in [1.82, 2.24) is 0 Å². The number of aliphatic hydroxyl groups excluding tert-OH is 1. The van der Waals surface area contributed by atoms with E-state index in [1.54, 1.807) is 0 Å². The molecule has 1 aliphatic heterocycles. The van der Waals surface area contributed by atoms with Crippen molar-refractivity contribution in [2.75, 3.05) is 6.61 Å². The molecule has 5 rings (SSSR count). The van der Waals surface area contributed by atoms with E-state index in [4.69, 9.17) is 9.16 Å². The number of Topliss-reactive ketones (excluding diaryl/α,β-unsaturated/α-hetero) is 1. The molecule has 1 unspecified atom stereocenters. The third-order valence-corrected chi connectivity index (χ3v) is 15.4. The summed E-state index contributed by atoms with van der Waals surface area (Å²) < 4.78 is 13.3. The predicted octanol–water partition coefficient (Wildman–Crippen LogP) is 4.91. The van der Waals surface area contributed by atoms with Gasteiger partial charge in [0.15, 0.2) is 5.78 Å². The molecule has 34 heavy (non-hydrogen) atoms. The molecule has 1 heterocycles. The lowest BCUT2D eigenvalue weighted by atomic mass is 9.48. The maximum atomic E-state index is 12.8. The standard InChI is InChI=1S/C28H42O5Si/c1-17-13-21-20-10-9-18-14-19(33-34(7,8)24(2,3)4)11-12-25(18,5)28(20)23(32-28)15-26(21,6)27(17,31)22(30)16-29/h9,11-12,14,17,20-21,23,29,31H,10,13,15-16H2,1-8H3/t17?,20-,21-,23-,25-,26-,27-,28+/m0/s1. The third-order valence-electron chi connectivity index (χ3n) is 11.0. The Hall–Kier alpha value is -1.21. The summed E-state index contributed by atoms with van der Waals surface area (Å²) in [6.45, 7) is 17.0. The second-order valence-electron chi connectivity index (χ2n) is 13.6. The highest BCUT2D eigenvalue weighted by Gasteiger charge is 2.81. The summed E-state index contributed by atoms with van der Waals surface area (Å²) in [6.07, 6.45) is 11.3. The number of carbonyl (C=O) groups excluding carboxylic acids is 1. The first-order valence-electron chi connectivity index (χ1n) is 12.9. The molecule has 0 radical (unpaired) electrons. The van der Waals surface area contributed by atoms with Gasteiger partial charge in [-0.3, -0.25) is 4.79 Å². The quantitative estimate of drug-likeness (QED) is 0.436. The molecule has 4 aliphatic carbocycles. The maximum Gasteiger partial charge on any atom is 0.250 e. The number of hydrogen-bond donors (Lipinski definition) is 2. The predicted molar refractivity (Wildman–Crippen MR) is 134 cm³/mol. The van der Waals surface area contributed by atoms with E-state index in [-0.39, 0.29) is 39.9 Å². The molecule has 0 amide bonds. The van der Waals surface area contributed by atoms with Crippen LogP contribution in [0.15, 0.2) is 35.6 Å². The van der Waals surface area contributed by atoms with Gasteiger partial charge in [0.1, 0.15) is 23.6 Å². The van der Waals surface area contributed by atoms with Gasteiger partial charge >= 0.3 is 0 Å². The summed E-state index contributed by atoms with van der Waals surface area (Å²) in [5.41, 5.74) is -1.38. The van der Waals surface area contributed by atoms with Crippen molar-refractivity contribution >= 4 is 14.1 Å². The van der Waals surface area contributed by atoms with Crippen LogP contribution >= 0.6 is 0 Å². The highest BCUT2D eigenvalue weighted by Crippen LogP contribution is 2.75. The van der Waals surface area contributed by atoms with Gasteiger partial charge in [-0.05, 0) is 79.8 Å². The lowest BCUT2D eigenvalue weighted by Crippen LogP contribution is -2.62. The summed E-state index contributed by atoms with van der Waals surface area (Å²) in [6, 6.07) is 0. The monoisotopic (exact) mass is 486 g/mol. The van der Waals surface area contributed by atoms with Crippen molar-refractivity contribution in [2.24, 2.45) is 28.6 Å². The number of epoxide rings is 1. The first-order chi connectivity index (χ1) is 15.6. The van der Waals surface area contributed by atoms with Crippen LogP contribution in [0.5, 0.6) is 0 Å². The fourth-order valence-electron chi connectivity index (χ4n) is 7.96. The van der Waals surface area contributed by atoms with E-state index >= 15 is 0 Å². The molecule has 1 spiro atoms. The molecule has 6 heteroatoms. The summed E-state index contributed by atoms with van der Waals surface area (Å²) >= 11 is 0. The molecule has 2 N–H and O–H groups in total. The van der Waals surface area contributed by atoms with Crippen LogP contribution in [0.4, 0.5) is 0 Å². The number of fused-ring (bicyclic) bond motifs is 3. The molecule has 5 nitrogen and oxygen atoms in total. The second kappa shape index (κ2) is 6.96. The van der Waals surface area contributed by atoms with Gasteiger partial charge in [-0.2, -0.15) is 0 Å². The Kier molecular flexibility index (Phi) is 5.01. The van der Waals surface area contributed by atoms with Crippen molar-refractivity contribution in [1.29, 1.82) is 0 Å². The van der Waals surface area contributed by atoms with Crippen molar-refractivity contribution in [2.45, 2.75) is 96.2 Å². The van der Waals surface area contributed by atoms with Gasteiger partial charge in [-0.15, -0.1) is 0 Å². The minimum atomic E-state index is -1.94. The number of allylic oxidation sites excluding steroid dienone is 3. The number of rotatable bonds is 4. The Morgan fingerprint density at radius 2 is 1.94 bits per heavy atom. The fourth-order valence-corrected chi connectivity index (χ4v) is 8.98. The van der Waals surface area contributed by atoms with E-state index < -0.39 is 31.7 Å². The van der Waals surface area contributed by atoms with E-state index in [0.717, 1.165) is 18.6 Å². The molecule has 188 valence electrons. The van der Waals surface area contributed by atoms with Gasteiger partial charge in [0, 0.05) is 10.8 Å². The normalized spacial score (nSPS) is 47.0. The largest absolute Gasteiger partial charge is 0.544 e. The molecule has 8 atom stereocenters. The smallest absolute Gasteiger partial charge is 0.250 e. The van der Waals surface area contributed by atoms with Crippen LogP contribution in [0.1, 0.15) is 60.8 Å².